The number of rotatable bonds is 3. The highest BCUT2D eigenvalue weighted by molar-refractivity contribution is 6.31. The fourth-order valence-corrected chi connectivity index (χ4v) is 3.07. The Balaban J connectivity index is 2.16. The highest BCUT2D eigenvalue weighted by Crippen LogP contribution is 2.27. The molecule has 3 nitrogen and oxygen atoms in total. The first-order valence-corrected chi connectivity index (χ1v) is 7.25. The van der Waals surface area contributed by atoms with Crippen molar-refractivity contribution in [1.29, 1.82) is 5.41 Å². The van der Waals surface area contributed by atoms with Gasteiger partial charge in [-0.05, 0) is 38.3 Å². The van der Waals surface area contributed by atoms with Gasteiger partial charge in [0.1, 0.15) is 5.84 Å². The first-order chi connectivity index (χ1) is 8.99. The highest BCUT2D eigenvalue weighted by Gasteiger charge is 2.25. The van der Waals surface area contributed by atoms with E-state index < -0.39 is 0 Å². The quantitative estimate of drug-likeness (QED) is 0.658. The summed E-state index contributed by atoms with van der Waals surface area (Å²) in [7, 11) is 0. The van der Waals surface area contributed by atoms with Gasteiger partial charge in [0, 0.05) is 29.2 Å². The van der Waals surface area contributed by atoms with Gasteiger partial charge in [-0.1, -0.05) is 30.2 Å². The predicted octanol–water partition coefficient (Wildman–Crippen LogP) is 3.39. The molecule has 19 heavy (non-hydrogen) atoms. The van der Waals surface area contributed by atoms with E-state index in [2.05, 4.69) is 18.7 Å². The van der Waals surface area contributed by atoms with Crippen LogP contribution in [0.3, 0.4) is 0 Å². The van der Waals surface area contributed by atoms with Crippen LogP contribution in [-0.2, 0) is 6.54 Å². The Morgan fingerprint density at radius 2 is 2.00 bits per heavy atom. The summed E-state index contributed by atoms with van der Waals surface area (Å²) in [6.45, 7) is 5.44. The number of piperidine rings is 1. The van der Waals surface area contributed by atoms with E-state index in [4.69, 9.17) is 22.7 Å². The molecular formula is C15H22ClN3. The smallest absolute Gasteiger partial charge is 0.122 e. The second-order valence-electron chi connectivity index (χ2n) is 5.52. The van der Waals surface area contributed by atoms with Gasteiger partial charge >= 0.3 is 0 Å². The molecule has 1 aliphatic heterocycles. The summed E-state index contributed by atoms with van der Waals surface area (Å²) in [6.07, 6.45) is 3.83. The van der Waals surface area contributed by atoms with Crippen molar-refractivity contribution in [2.24, 2.45) is 5.73 Å². The molecule has 1 aromatic carbocycles. The molecule has 0 radical (unpaired) electrons. The monoisotopic (exact) mass is 279 g/mol. The Labute approximate surface area is 120 Å². The van der Waals surface area contributed by atoms with Crippen molar-refractivity contribution in [1.82, 2.24) is 4.90 Å². The Morgan fingerprint density at radius 1 is 1.37 bits per heavy atom. The average molecular weight is 280 g/mol. The molecule has 0 saturated carbocycles. The number of benzene rings is 1. The van der Waals surface area contributed by atoms with Crippen LogP contribution in [0, 0.1) is 5.41 Å². The summed E-state index contributed by atoms with van der Waals surface area (Å²) < 4.78 is 0. The molecule has 0 unspecified atom stereocenters. The molecule has 1 heterocycles. The molecule has 2 atom stereocenters. The van der Waals surface area contributed by atoms with Gasteiger partial charge in [0.2, 0.25) is 0 Å². The van der Waals surface area contributed by atoms with E-state index in [9.17, 15) is 0 Å². The second-order valence-corrected chi connectivity index (χ2v) is 5.93. The topological polar surface area (TPSA) is 53.1 Å². The molecule has 104 valence electrons. The third kappa shape index (κ3) is 3.28. The minimum absolute atomic E-state index is 0.0631. The van der Waals surface area contributed by atoms with E-state index in [0.717, 1.165) is 12.1 Å². The molecule has 2 rings (SSSR count). The Hall–Kier alpha value is -1.06. The summed E-state index contributed by atoms with van der Waals surface area (Å²) in [5, 5.41) is 8.13. The van der Waals surface area contributed by atoms with Gasteiger partial charge in [0.15, 0.2) is 0 Å². The third-order valence-corrected chi connectivity index (χ3v) is 4.44. The summed E-state index contributed by atoms with van der Waals surface area (Å²) >= 11 is 6.31. The SMILES string of the molecule is C[C@@H]1CCC[C@H](C)N1Cc1ccc(C(=N)N)cc1Cl. The zero-order chi connectivity index (χ0) is 14.0. The highest BCUT2D eigenvalue weighted by atomic mass is 35.5. The van der Waals surface area contributed by atoms with E-state index >= 15 is 0 Å². The standard InChI is InChI=1S/C15H22ClN3/c1-10-4-3-5-11(2)19(10)9-13-7-6-12(15(17)18)8-14(13)16/h6-8,10-11H,3-5,9H2,1-2H3,(H3,17,18)/t10-,11+. The van der Waals surface area contributed by atoms with Gasteiger partial charge in [-0.2, -0.15) is 0 Å². The van der Waals surface area contributed by atoms with Crippen LogP contribution in [0.4, 0.5) is 0 Å². The van der Waals surface area contributed by atoms with Crippen LogP contribution in [0.25, 0.3) is 0 Å². The Bertz CT molecular complexity index is 462. The van der Waals surface area contributed by atoms with Gasteiger partial charge in [-0.3, -0.25) is 10.3 Å². The molecule has 4 heteroatoms. The fraction of sp³-hybridized carbons (Fsp3) is 0.533. The van der Waals surface area contributed by atoms with Crippen LogP contribution in [0.2, 0.25) is 5.02 Å². The minimum Gasteiger partial charge on any atom is -0.384 e. The lowest BCUT2D eigenvalue weighted by Gasteiger charge is -2.39. The van der Waals surface area contributed by atoms with Crippen LogP contribution in [0.1, 0.15) is 44.2 Å². The van der Waals surface area contributed by atoms with E-state index in [1.807, 2.05) is 12.1 Å². The van der Waals surface area contributed by atoms with Gasteiger partial charge in [0.05, 0.1) is 0 Å². The first-order valence-electron chi connectivity index (χ1n) is 6.87. The maximum absolute atomic E-state index is 7.43. The molecule has 0 spiro atoms. The van der Waals surface area contributed by atoms with Crippen molar-refractivity contribution in [3.05, 3.63) is 34.3 Å². The van der Waals surface area contributed by atoms with Crippen LogP contribution < -0.4 is 5.73 Å². The number of nitrogen functional groups attached to an aromatic ring is 1. The predicted molar refractivity (Wildman–Crippen MR) is 80.8 cm³/mol. The fourth-order valence-electron chi connectivity index (χ4n) is 2.83. The zero-order valence-corrected chi connectivity index (χ0v) is 12.4. The van der Waals surface area contributed by atoms with Gasteiger partial charge in [-0.25, -0.2) is 0 Å². The van der Waals surface area contributed by atoms with Crippen molar-refractivity contribution >= 4 is 17.4 Å². The van der Waals surface area contributed by atoms with E-state index in [1.165, 1.54) is 19.3 Å². The number of amidine groups is 1. The van der Waals surface area contributed by atoms with E-state index in [0.29, 0.717) is 22.7 Å². The number of nitrogens with one attached hydrogen (secondary N) is 1. The summed E-state index contributed by atoms with van der Waals surface area (Å²) in [5.74, 6) is 0.0631. The van der Waals surface area contributed by atoms with Crippen molar-refractivity contribution in [2.45, 2.75) is 51.7 Å². The summed E-state index contributed by atoms with van der Waals surface area (Å²) in [4.78, 5) is 2.51. The number of hydrogen-bond donors (Lipinski definition) is 2. The minimum atomic E-state index is 0.0631. The molecule has 1 saturated heterocycles. The van der Waals surface area contributed by atoms with Crippen LogP contribution in [0.15, 0.2) is 18.2 Å². The van der Waals surface area contributed by atoms with Gasteiger partial charge in [-0.15, -0.1) is 0 Å². The molecule has 1 aromatic rings. The second kappa shape index (κ2) is 5.93. The van der Waals surface area contributed by atoms with Crippen molar-refractivity contribution in [3.8, 4) is 0 Å². The van der Waals surface area contributed by atoms with Gasteiger partial charge < -0.3 is 5.73 Å². The van der Waals surface area contributed by atoms with E-state index in [1.54, 1.807) is 6.07 Å². The molecular weight excluding hydrogens is 258 g/mol. The maximum atomic E-state index is 7.43. The molecule has 0 aromatic heterocycles. The van der Waals surface area contributed by atoms with Crippen LogP contribution in [0.5, 0.6) is 0 Å². The lowest BCUT2D eigenvalue weighted by Crippen LogP contribution is -2.43. The zero-order valence-electron chi connectivity index (χ0n) is 11.6. The molecule has 1 aliphatic rings. The molecule has 3 N–H and O–H groups in total. The number of nitrogens with zero attached hydrogens (tertiary/aromatic N) is 1. The van der Waals surface area contributed by atoms with Gasteiger partial charge in [0.25, 0.3) is 0 Å². The lowest BCUT2D eigenvalue weighted by molar-refractivity contribution is 0.0953. The van der Waals surface area contributed by atoms with Crippen molar-refractivity contribution < 1.29 is 0 Å². The number of likely N-dealkylation sites (tertiary alicyclic amines) is 1. The molecule has 0 bridgehead atoms. The first kappa shape index (κ1) is 14.4. The van der Waals surface area contributed by atoms with E-state index in [-0.39, 0.29) is 5.84 Å². The average Bonchev–Trinajstić information content (AvgIpc) is 2.35. The Morgan fingerprint density at radius 3 is 2.53 bits per heavy atom. The normalized spacial score (nSPS) is 24.4. The molecule has 0 aliphatic carbocycles. The molecule has 0 amide bonds. The Kier molecular flexibility index (Phi) is 4.48. The third-order valence-electron chi connectivity index (χ3n) is 4.09. The summed E-state index contributed by atoms with van der Waals surface area (Å²) in [6, 6.07) is 6.87. The largest absolute Gasteiger partial charge is 0.384 e. The van der Waals surface area contributed by atoms with Crippen LogP contribution in [-0.4, -0.2) is 22.8 Å². The number of nitrogens with two attached hydrogens (primary N) is 1. The summed E-state index contributed by atoms with van der Waals surface area (Å²) in [5.41, 5.74) is 7.28. The lowest BCUT2D eigenvalue weighted by atomic mass is 9.96. The molecule has 1 fully saturated rings. The van der Waals surface area contributed by atoms with Crippen LogP contribution >= 0.6 is 11.6 Å². The number of hydrogen-bond acceptors (Lipinski definition) is 2. The maximum Gasteiger partial charge on any atom is 0.122 e. The number of halogens is 1. The van der Waals surface area contributed by atoms with Crippen molar-refractivity contribution in [3.63, 3.8) is 0 Å². The van der Waals surface area contributed by atoms with Crippen molar-refractivity contribution in [2.75, 3.05) is 0 Å².